The van der Waals surface area contributed by atoms with Crippen LogP contribution in [0.2, 0.25) is 0 Å². The van der Waals surface area contributed by atoms with E-state index in [1.807, 2.05) is 0 Å². The van der Waals surface area contributed by atoms with E-state index < -0.39 is 21.5 Å². The van der Waals surface area contributed by atoms with Gasteiger partial charge in [-0.15, -0.1) is 0 Å². The minimum absolute atomic E-state index is 0.00294. The van der Waals surface area contributed by atoms with Crippen molar-refractivity contribution in [2.75, 3.05) is 20.2 Å². The van der Waals surface area contributed by atoms with Crippen molar-refractivity contribution < 1.29 is 22.7 Å². The maximum absolute atomic E-state index is 13.0. The Morgan fingerprint density at radius 3 is 2.61 bits per heavy atom. The van der Waals surface area contributed by atoms with Crippen molar-refractivity contribution >= 4 is 21.9 Å². The van der Waals surface area contributed by atoms with Crippen molar-refractivity contribution in [3.63, 3.8) is 0 Å². The first-order valence-corrected chi connectivity index (χ1v) is 8.56. The highest BCUT2D eigenvalue weighted by Crippen LogP contribution is 2.29. The number of rotatable bonds is 3. The number of aryl methyl sites for hydroxylation is 1. The van der Waals surface area contributed by atoms with Crippen molar-refractivity contribution in [3.05, 3.63) is 29.3 Å². The molecule has 0 unspecified atom stereocenters. The Kier molecular flexibility index (Phi) is 4.50. The average Bonchev–Trinajstić information content (AvgIpc) is 2.49. The molecule has 2 rings (SSSR count). The number of ether oxygens (including phenoxy) is 1. The van der Waals surface area contributed by atoms with Gasteiger partial charge < -0.3 is 10.1 Å². The lowest BCUT2D eigenvalue weighted by Gasteiger charge is -2.40. The first-order chi connectivity index (χ1) is 10.6. The SMILES string of the molecule is COC(=O)c1ccc(C)c(S(=O)(=O)N2CCNC(=O)C2(C)C)c1. The number of nitrogens with one attached hydrogen (secondary N) is 1. The maximum Gasteiger partial charge on any atom is 0.337 e. The van der Waals surface area contributed by atoms with Gasteiger partial charge in [-0.05, 0) is 38.5 Å². The molecule has 1 N–H and O–H groups in total. The van der Waals surface area contributed by atoms with Crippen molar-refractivity contribution in [1.82, 2.24) is 9.62 Å². The molecule has 1 fully saturated rings. The average molecular weight is 340 g/mol. The molecule has 1 aromatic rings. The van der Waals surface area contributed by atoms with Gasteiger partial charge in [0.25, 0.3) is 0 Å². The minimum Gasteiger partial charge on any atom is -0.465 e. The monoisotopic (exact) mass is 340 g/mol. The quantitative estimate of drug-likeness (QED) is 0.817. The van der Waals surface area contributed by atoms with Gasteiger partial charge in [-0.1, -0.05) is 6.07 Å². The normalized spacial score (nSPS) is 18.3. The minimum atomic E-state index is -3.93. The largest absolute Gasteiger partial charge is 0.465 e. The molecule has 1 saturated heterocycles. The third-order valence-corrected chi connectivity index (χ3v) is 6.17. The molecule has 1 aliphatic rings. The number of carbonyl (C=O) groups excluding carboxylic acids is 2. The van der Waals surface area contributed by atoms with Gasteiger partial charge in [-0.2, -0.15) is 4.31 Å². The molecule has 1 aromatic carbocycles. The second kappa shape index (κ2) is 5.93. The third-order valence-electron chi connectivity index (χ3n) is 3.96. The van der Waals surface area contributed by atoms with Crippen molar-refractivity contribution in [1.29, 1.82) is 0 Å². The fraction of sp³-hybridized carbons (Fsp3) is 0.467. The van der Waals surface area contributed by atoms with Crippen LogP contribution in [0, 0.1) is 6.92 Å². The maximum atomic E-state index is 13.0. The number of nitrogens with zero attached hydrogens (tertiary/aromatic N) is 1. The fourth-order valence-corrected chi connectivity index (χ4v) is 4.55. The Hall–Kier alpha value is -1.93. The van der Waals surface area contributed by atoms with Crippen molar-refractivity contribution in [2.24, 2.45) is 0 Å². The first-order valence-electron chi connectivity index (χ1n) is 7.12. The predicted octanol–water partition coefficient (Wildman–Crippen LogP) is 0.681. The lowest BCUT2D eigenvalue weighted by Crippen LogP contribution is -2.63. The van der Waals surface area contributed by atoms with Gasteiger partial charge in [0.15, 0.2) is 0 Å². The van der Waals surface area contributed by atoms with Crippen LogP contribution in [0.4, 0.5) is 0 Å². The predicted molar refractivity (Wildman–Crippen MR) is 83.5 cm³/mol. The number of esters is 1. The van der Waals surface area contributed by atoms with Crippen LogP contribution in [0.1, 0.15) is 29.8 Å². The number of carbonyl (C=O) groups is 2. The second-order valence-corrected chi connectivity index (χ2v) is 7.69. The Morgan fingerprint density at radius 2 is 2.00 bits per heavy atom. The molecule has 1 heterocycles. The van der Waals surface area contributed by atoms with Crippen molar-refractivity contribution in [3.8, 4) is 0 Å². The fourth-order valence-electron chi connectivity index (χ4n) is 2.54. The van der Waals surface area contributed by atoms with E-state index in [-0.39, 0.29) is 29.5 Å². The molecule has 7 nitrogen and oxygen atoms in total. The molecule has 23 heavy (non-hydrogen) atoms. The van der Waals surface area contributed by atoms with Gasteiger partial charge >= 0.3 is 5.97 Å². The van der Waals surface area contributed by atoms with Gasteiger partial charge in [0, 0.05) is 13.1 Å². The van der Waals surface area contributed by atoms with E-state index in [1.54, 1.807) is 26.8 Å². The van der Waals surface area contributed by atoms with Gasteiger partial charge in [0.2, 0.25) is 15.9 Å². The van der Waals surface area contributed by atoms with E-state index in [1.165, 1.54) is 23.5 Å². The third kappa shape index (κ3) is 2.96. The number of sulfonamides is 1. The molecule has 0 atom stereocenters. The Morgan fingerprint density at radius 1 is 1.35 bits per heavy atom. The molecule has 1 amide bonds. The molecule has 0 aliphatic carbocycles. The lowest BCUT2D eigenvalue weighted by atomic mass is 10.0. The van der Waals surface area contributed by atoms with E-state index in [2.05, 4.69) is 10.1 Å². The van der Waals surface area contributed by atoms with Gasteiger partial charge in [0.05, 0.1) is 17.6 Å². The zero-order chi connectivity index (χ0) is 17.4. The van der Waals surface area contributed by atoms with Crippen LogP contribution >= 0.6 is 0 Å². The van der Waals surface area contributed by atoms with Gasteiger partial charge in [-0.25, -0.2) is 13.2 Å². The summed E-state index contributed by atoms with van der Waals surface area (Å²) in [5.41, 5.74) is -0.555. The van der Waals surface area contributed by atoms with Crippen LogP contribution in [0.25, 0.3) is 0 Å². The molecule has 0 bridgehead atoms. The summed E-state index contributed by atoms with van der Waals surface area (Å²) in [4.78, 5) is 23.7. The topological polar surface area (TPSA) is 92.8 Å². The summed E-state index contributed by atoms with van der Waals surface area (Å²) < 4.78 is 31.9. The summed E-state index contributed by atoms with van der Waals surface area (Å²) in [5, 5.41) is 2.66. The zero-order valence-electron chi connectivity index (χ0n) is 13.5. The Balaban J connectivity index is 2.55. The lowest BCUT2D eigenvalue weighted by molar-refractivity contribution is -0.131. The highest BCUT2D eigenvalue weighted by Gasteiger charge is 2.45. The number of benzene rings is 1. The van der Waals surface area contributed by atoms with Crippen LogP contribution in [-0.4, -0.2) is 50.3 Å². The molecular formula is C15H20N2O5S. The number of hydrogen-bond donors (Lipinski definition) is 1. The summed E-state index contributed by atoms with van der Waals surface area (Å²) in [5.74, 6) is -0.966. The molecule has 1 aliphatic heterocycles. The molecule has 0 aromatic heterocycles. The van der Waals surface area contributed by atoms with Crippen LogP contribution < -0.4 is 5.32 Å². The number of hydrogen-bond acceptors (Lipinski definition) is 5. The summed E-state index contributed by atoms with van der Waals surface area (Å²) in [6.45, 7) is 5.17. The molecule has 8 heteroatoms. The van der Waals surface area contributed by atoms with E-state index >= 15 is 0 Å². The van der Waals surface area contributed by atoms with E-state index in [9.17, 15) is 18.0 Å². The van der Waals surface area contributed by atoms with E-state index in [0.717, 1.165) is 0 Å². The molecular weight excluding hydrogens is 320 g/mol. The number of piperazine rings is 1. The van der Waals surface area contributed by atoms with E-state index in [0.29, 0.717) is 5.56 Å². The first kappa shape index (κ1) is 17.4. The van der Waals surface area contributed by atoms with Crippen LogP contribution in [0.3, 0.4) is 0 Å². The number of methoxy groups -OCH3 is 1. The Bertz CT molecular complexity index is 755. The standard InChI is InChI=1S/C15H20N2O5S/c1-10-5-6-11(13(18)22-4)9-12(10)23(20,21)17-8-7-16-14(19)15(17,2)3/h5-6,9H,7-8H2,1-4H3,(H,16,19). The summed E-state index contributed by atoms with van der Waals surface area (Å²) in [7, 11) is -2.70. The summed E-state index contributed by atoms with van der Waals surface area (Å²) >= 11 is 0. The molecule has 0 radical (unpaired) electrons. The zero-order valence-corrected chi connectivity index (χ0v) is 14.4. The highest BCUT2D eigenvalue weighted by atomic mass is 32.2. The van der Waals surface area contributed by atoms with Crippen molar-refractivity contribution in [2.45, 2.75) is 31.2 Å². The number of amides is 1. The molecule has 126 valence electrons. The van der Waals surface area contributed by atoms with Crippen LogP contribution in [-0.2, 0) is 19.6 Å². The summed E-state index contributed by atoms with van der Waals surface area (Å²) in [6, 6.07) is 4.35. The van der Waals surface area contributed by atoms with E-state index in [4.69, 9.17) is 0 Å². The Labute approximate surface area is 135 Å². The molecule has 0 spiro atoms. The van der Waals surface area contributed by atoms with Crippen LogP contribution in [0.5, 0.6) is 0 Å². The second-order valence-electron chi connectivity index (χ2n) is 5.86. The van der Waals surface area contributed by atoms with Crippen LogP contribution in [0.15, 0.2) is 23.1 Å². The smallest absolute Gasteiger partial charge is 0.337 e. The van der Waals surface area contributed by atoms with Gasteiger partial charge in [-0.3, -0.25) is 4.79 Å². The highest BCUT2D eigenvalue weighted by molar-refractivity contribution is 7.89. The summed E-state index contributed by atoms with van der Waals surface area (Å²) in [6.07, 6.45) is 0. The molecule has 0 saturated carbocycles. The van der Waals surface area contributed by atoms with Gasteiger partial charge in [0.1, 0.15) is 5.54 Å².